The Morgan fingerprint density at radius 2 is 1.95 bits per heavy atom. The highest BCUT2D eigenvalue weighted by Crippen LogP contribution is 2.21. The van der Waals surface area contributed by atoms with Crippen molar-refractivity contribution < 1.29 is 9.18 Å². The van der Waals surface area contributed by atoms with Crippen LogP contribution in [0.4, 0.5) is 4.39 Å². The van der Waals surface area contributed by atoms with Gasteiger partial charge < -0.3 is 11.1 Å². The third-order valence-corrected chi connectivity index (χ3v) is 3.24. The molecule has 0 saturated heterocycles. The number of nitrogens with one attached hydrogen (secondary N) is 1. The summed E-state index contributed by atoms with van der Waals surface area (Å²) in [6.45, 7) is 2.52. The van der Waals surface area contributed by atoms with E-state index in [9.17, 15) is 9.18 Å². The highest BCUT2D eigenvalue weighted by Gasteiger charge is 2.11. The number of carbonyl (C=O) groups is 1. The lowest BCUT2D eigenvalue weighted by molar-refractivity contribution is 0.0954. The van der Waals surface area contributed by atoms with Crippen molar-refractivity contribution in [2.45, 2.75) is 25.8 Å². The third kappa shape index (κ3) is 3.33. The van der Waals surface area contributed by atoms with Crippen LogP contribution in [0.15, 0.2) is 36.4 Å². The first-order valence-electron chi connectivity index (χ1n) is 6.80. The molecule has 0 saturated carbocycles. The Bertz CT molecular complexity index is 610. The summed E-state index contributed by atoms with van der Waals surface area (Å²) in [5.74, 6) is -0.486. The fourth-order valence-electron chi connectivity index (χ4n) is 2.18. The van der Waals surface area contributed by atoms with Crippen molar-refractivity contribution in [2.24, 2.45) is 5.73 Å². The number of benzene rings is 2. The van der Waals surface area contributed by atoms with Crippen molar-refractivity contribution in [3.05, 3.63) is 47.8 Å². The van der Waals surface area contributed by atoms with Gasteiger partial charge in [-0.05, 0) is 37.3 Å². The van der Waals surface area contributed by atoms with Gasteiger partial charge >= 0.3 is 0 Å². The van der Waals surface area contributed by atoms with Gasteiger partial charge in [-0.2, -0.15) is 0 Å². The van der Waals surface area contributed by atoms with Crippen LogP contribution in [0, 0.1) is 5.82 Å². The number of amides is 1. The van der Waals surface area contributed by atoms with E-state index in [1.54, 1.807) is 24.3 Å². The Balaban J connectivity index is 2.12. The Morgan fingerprint density at radius 3 is 2.65 bits per heavy atom. The molecular formula is C16H19FN2O. The van der Waals surface area contributed by atoms with E-state index in [4.69, 9.17) is 5.73 Å². The summed E-state index contributed by atoms with van der Waals surface area (Å²) in [6, 6.07) is 9.99. The molecule has 0 fully saturated rings. The molecule has 2 aromatic carbocycles. The summed E-state index contributed by atoms with van der Waals surface area (Å²) in [6.07, 6.45) is 1.70. The summed E-state index contributed by atoms with van der Waals surface area (Å²) in [5.41, 5.74) is 6.16. The number of hydrogen-bond acceptors (Lipinski definition) is 2. The zero-order valence-electron chi connectivity index (χ0n) is 11.5. The Hall–Kier alpha value is -1.94. The topological polar surface area (TPSA) is 55.1 Å². The maximum Gasteiger partial charge on any atom is 0.251 e. The number of rotatable bonds is 5. The number of halogens is 1. The molecular weight excluding hydrogens is 255 g/mol. The van der Waals surface area contributed by atoms with Gasteiger partial charge in [-0.3, -0.25) is 4.79 Å². The average Bonchev–Trinajstić information content (AvgIpc) is 2.44. The van der Waals surface area contributed by atoms with Crippen LogP contribution in [0.5, 0.6) is 0 Å². The summed E-state index contributed by atoms with van der Waals surface area (Å²) >= 11 is 0. The molecule has 4 heteroatoms. The summed E-state index contributed by atoms with van der Waals surface area (Å²) in [5, 5.41) is 3.95. The van der Waals surface area contributed by atoms with E-state index >= 15 is 0 Å². The fraction of sp³-hybridized carbons (Fsp3) is 0.312. The third-order valence-electron chi connectivity index (χ3n) is 3.24. The predicted molar refractivity (Wildman–Crippen MR) is 79.1 cm³/mol. The Labute approximate surface area is 118 Å². The maximum atomic E-state index is 13.7. The molecule has 0 aliphatic heterocycles. The molecule has 3 N–H and O–H groups in total. The van der Waals surface area contributed by atoms with E-state index in [0.29, 0.717) is 22.9 Å². The lowest BCUT2D eigenvalue weighted by Gasteiger charge is -2.09. The lowest BCUT2D eigenvalue weighted by Crippen LogP contribution is -2.26. The average molecular weight is 274 g/mol. The smallest absolute Gasteiger partial charge is 0.251 e. The number of hydrogen-bond donors (Lipinski definition) is 2. The van der Waals surface area contributed by atoms with Crippen LogP contribution in [0.3, 0.4) is 0 Å². The van der Waals surface area contributed by atoms with Crippen LogP contribution in [-0.4, -0.2) is 18.5 Å². The highest BCUT2D eigenvalue weighted by atomic mass is 19.1. The first kappa shape index (κ1) is 14.5. The molecule has 0 aromatic heterocycles. The van der Waals surface area contributed by atoms with Crippen molar-refractivity contribution in [3.63, 3.8) is 0 Å². The first-order valence-corrected chi connectivity index (χ1v) is 6.80. The largest absolute Gasteiger partial charge is 0.352 e. The molecule has 0 aliphatic rings. The fourth-order valence-corrected chi connectivity index (χ4v) is 2.18. The van der Waals surface area contributed by atoms with E-state index in [1.807, 2.05) is 6.92 Å². The predicted octanol–water partition coefficient (Wildman–Crippen LogP) is 2.84. The Morgan fingerprint density at radius 1 is 1.25 bits per heavy atom. The van der Waals surface area contributed by atoms with Crippen molar-refractivity contribution in [3.8, 4) is 0 Å². The van der Waals surface area contributed by atoms with E-state index in [-0.39, 0.29) is 17.8 Å². The van der Waals surface area contributed by atoms with Gasteiger partial charge in [-0.1, -0.05) is 24.3 Å². The van der Waals surface area contributed by atoms with Crippen LogP contribution in [-0.2, 0) is 0 Å². The second kappa shape index (κ2) is 6.48. The van der Waals surface area contributed by atoms with E-state index in [1.165, 1.54) is 12.1 Å². The molecule has 0 aliphatic carbocycles. The van der Waals surface area contributed by atoms with Gasteiger partial charge in [0.15, 0.2) is 0 Å². The normalized spacial score (nSPS) is 12.3. The number of fused-ring (bicyclic) bond motifs is 1. The SMILES string of the molecule is CC(N)CCCNC(=O)c1ccc(F)c2ccccc12. The molecule has 2 rings (SSSR count). The van der Waals surface area contributed by atoms with Gasteiger partial charge in [0.05, 0.1) is 0 Å². The molecule has 0 heterocycles. The second-order valence-electron chi connectivity index (χ2n) is 5.02. The van der Waals surface area contributed by atoms with Gasteiger partial charge in [0.25, 0.3) is 5.91 Å². The van der Waals surface area contributed by atoms with Gasteiger partial charge in [0.1, 0.15) is 5.82 Å². The molecule has 3 nitrogen and oxygen atoms in total. The van der Waals surface area contributed by atoms with E-state index < -0.39 is 0 Å². The van der Waals surface area contributed by atoms with Gasteiger partial charge in [-0.25, -0.2) is 4.39 Å². The first-order chi connectivity index (χ1) is 9.59. The van der Waals surface area contributed by atoms with Crippen LogP contribution in [0.25, 0.3) is 10.8 Å². The zero-order chi connectivity index (χ0) is 14.5. The van der Waals surface area contributed by atoms with Crippen molar-refractivity contribution >= 4 is 16.7 Å². The van der Waals surface area contributed by atoms with Gasteiger partial charge in [0, 0.05) is 23.5 Å². The minimum Gasteiger partial charge on any atom is -0.352 e. The molecule has 2 aromatic rings. The standard InChI is InChI=1S/C16H19FN2O/c1-11(18)5-4-10-19-16(20)14-8-9-15(17)13-7-3-2-6-12(13)14/h2-3,6-9,11H,4-5,10,18H2,1H3,(H,19,20). The van der Waals surface area contributed by atoms with Gasteiger partial charge in [-0.15, -0.1) is 0 Å². The molecule has 0 bridgehead atoms. The van der Waals surface area contributed by atoms with Crippen LogP contribution in [0.2, 0.25) is 0 Å². The number of carbonyl (C=O) groups excluding carboxylic acids is 1. The quantitative estimate of drug-likeness (QED) is 0.824. The minimum atomic E-state index is -0.311. The summed E-state index contributed by atoms with van der Waals surface area (Å²) < 4.78 is 13.7. The molecule has 0 radical (unpaired) electrons. The van der Waals surface area contributed by atoms with Crippen LogP contribution < -0.4 is 11.1 Å². The molecule has 1 unspecified atom stereocenters. The van der Waals surface area contributed by atoms with Crippen LogP contribution >= 0.6 is 0 Å². The van der Waals surface area contributed by atoms with Crippen LogP contribution in [0.1, 0.15) is 30.1 Å². The van der Waals surface area contributed by atoms with Crippen molar-refractivity contribution in [2.75, 3.05) is 6.54 Å². The van der Waals surface area contributed by atoms with Crippen molar-refractivity contribution in [1.29, 1.82) is 0 Å². The lowest BCUT2D eigenvalue weighted by atomic mass is 10.0. The number of nitrogens with two attached hydrogens (primary N) is 1. The minimum absolute atomic E-state index is 0.138. The second-order valence-corrected chi connectivity index (χ2v) is 5.02. The molecule has 0 spiro atoms. The molecule has 1 atom stereocenters. The highest BCUT2D eigenvalue weighted by molar-refractivity contribution is 6.07. The zero-order valence-corrected chi connectivity index (χ0v) is 11.5. The molecule has 1 amide bonds. The Kier molecular flexibility index (Phi) is 4.69. The van der Waals surface area contributed by atoms with Gasteiger partial charge in [0.2, 0.25) is 0 Å². The van der Waals surface area contributed by atoms with Crippen molar-refractivity contribution in [1.82, 2.24) is 5.32 Å². The maximum absolute atomic E-state index is 13.7. The molecule has 106 valence electrons. The summed E-state index contributed by atoms with van der Waals surface area (Å²) in [7, 11) is 0. The van der Waals surface area contributed by atoms with E-state index in [0.717, 1.165) is 12.8 Å². The monoisotopic (exact) mass is 274 g/mol. The van der Waals surface area contributed by atoms with E-state index in [2.05, 4.69) is 5.32 Å². The molecule has 20 heavy (non-hydrogen) atoms. The summed E-state index contributed by atoms with van der Waals surface area (Å²) in [4.78, 5) is 12.1.